The molecule has 1 saturated carbocycles. The summed E-state index contributed by atoms with van der Waals surface area (Å²) < 4.78 is 0. The van der Waals surface area contributed by atoms with Gasteiger partial charge in [-0.15, -0.1) is 0 Å². The molecule has 1 aromatic carbocycles. The molecule has 0 spiro atoms. The van der Waals surface area contributed by atoms with Crippen molar-refractivity contribution in [3.8, 4) is 0 Å². The molecule has 1 N–H and O–H groups in total. The SMILES string of the molecule is CCNC/C(=C/c1cccc([N+](=O)[O-])c1)C1CCCCC1. The van der Waals surface area contributed by atoms with Crippen LogP contribution in [0.3, 0.4) is 0 Å². The van der Waals surface area contributed by atoms with Gasteiger partial charge in [0.1, 0.15) is 0 Å². The van der Waals surface area contributed by atoms with E-state index in [2.05, 4.69) is 18.3 Å². The molecule has 1 aliphatic carbocycles. The molecule has 2 rings (SSSR count). The molecule has 4 heteroatoms. The summed E-state index contributed by atoms with van der Waals surface area (Å²) in [5, 5.41) is 14.3. The Bertz CT molecular complexity index is 505. The number of nitro groups is 1. The van der Waals surface area contributed by atoms with E-state index in [1.54, 1.807) is 18.2 Å². The van der Waals surface area contributed by atoms with Crippen molar-refractivity contribution < 1.29 is 4.92 Å². The lowest BCUT2D eigenvalue weighted by atomic mass is 9.83. The number of nitrogens with one attached hydrogen (secondary N) is 1. The van der Waals surface area contributed by atoms with Crippen LogP contribution in [0.25, 0.3) is 6.08 Å². The number of nitro benzene ring substituents is 1. The third-order valence-corrected chi connectivity index (χ3v) is 4.14. The summed E-state index contributed by atoms with van der Waals surface area (Å²) in [7, 11) is 0. The summed E-state index contributed by atoms with van der Waals surface area (Å²) in [5.41, 5.74) is 2.48. The maximum Gasteiger partial charge on any atom is 0.270 e. The Hall–Kier alpha value is -1.68. The second-order valence-electron chi connectivity index (χ2n) is 5.69. The van der Waals surface area contributed by atoms with Gasteiger partial charge < -0.3 is 5.32 Å². The molecule has 1 aliphatic rings. The molecule has 1 fully saturated rings. The largest absolute Gasteiger partial charge is 0.313 e. The fourth-order valence-corrected chi connectivity index (χ4v) is 3.00. The number of benzene rings is 1. The Morgan fingerprint density at radius 1 is 1.38 bits per heavy atom. The van der Waals surface area contributed by atoms with Crippen molar-refractivity contribution in [3.05, 3.63) is 45.5 Å². The molecule has 4 nitrogen and oxygen atoms in total. The van der Waals surface area contributed by atoms with Gasteiger partial charge in [-0.25, -0.2) is 0 Å². The van der Waals surface area contributed by atoms with Crippen LogP contribution in [-0.2, 0) is 0 Å². The Morgan fingerprint density at radius 2 is 2.14 bits per heavy atom. The summed E-state index contributed by atoms with van der Waals surface area (Å²) in [4.78, 5) is 10.6. The predicted octanol–water partition coefficient (Wildman–Crippen LogP) is 4.17. The van der Waals surface area contributed by atoms with Gasteiger partial charge in [-0.1, -0.05) is 50.0 Å². The fourth-order valence-electron chi connectivity index (χ4n) is 3.00. The monoisotopic (exact) mass is 288 g/mol. The van der Waals surface area contributed by atoms with E-state index in [9.17, 15) is 10.1 Å². The van der Waals surface area contributed by atoms with Crippen molar-refractivity contribution in [1.29, 1.82) is 0 Å². The Labute approximate surface area is 126 Å². The van der Waals surface area contributed by atoms with Crippen molar-refractivity contribution in [2.45, 2.75) is 39.0 Å². The zero-order valence-corrected chi connectivity index (χ0v) is 12.7. The van der Waals surface area contributed by atoms with Gasteiger partial charge in [-0.2, -0.15) is 0 Å². The number of hydrogen-bond donors (Lipinski definition) is 1. The van der Waals surface area contributed by atoms with Crippen LogP contribution < -0.4 is 5.32 Å². The summed E-state index contributed by atoms with van der Waals surface area (Å²) in [6.45, 7) is 3.93. The molecule has 0 atom stereocenters. The van der Waals surface area contributed by atoms with Crippen LogP contribution in [0.15, 0.2) is 29.8 Å². The molecule has 0 unspecified atom stereocenters. The van der Waals surface area contributed by atoms with Gasteiger partial charge in [0.2, 0.25) is 0 Å². The van der Waals surface area contributed by atoms with Crippen LogP contribution >= 0.6 is 0 Å². The smallest absolute Gasteiger partial charge is 0.270 e. The van der Waals surface area contributed by atoms with Gasteiger partial charge in [0, 0.05) is 18.7 Å². The number of non-ortho nitro benzene ring substituents is 1. The van der Waals surface area contributed by atoms with Crippen LogP contribution in [0.5, 0.6) is 0 Å². The van der Waals surface area contributed by atoms with Gasteiger partial charge in [0.25, 0.3) is 5.69 Å². The van der Waals surface area contributed by atoms with Gasteiger partial charge in [0.05, 0.1) is 4.92 Å². The van der Waals surface area contributed by atoms with E-state index in [1.807, 2.05) is 6.07 Å². The molecule has 0 aliphatic heterocycles. The van der Waals surface area contributed by atoms with E-state index in [4.69, 9.17) is 0 Å². The average Bonchev–Trinajstić information content (AvgIpc) is 2.52. The Kier molecular flexibility index (Phi) is 5.93. The molecule has 0 bridgehead atoms. The normalized spacial score (nSPS) is 16.9. The van der Waals surface area contributed by atoms with Gasteiger partial charge in [0.15, 0.2) is 0 Å². The second kappa shape index (κ2) is 7.93. The first-order valence-corrected chi connectivity index (χ1v) is 7.86. The minimum absolute atomic E-state index is 0.162. The quantitative estimate of drug-likeness (QED) is 0.631. The van der Waals surface area contributed by atoms with E-state index in [1.165, 1.54) is 37.7 Å². The van der Waals surface area contributed by atoms with Crippen LogP contribution in [-0.4, -0.2) is 18.0 Å². The summed E-state index contributed by atoms with van der Waals surface area (Å²) in [6, 6.07) is 6.91. The molecule has 0 amide bonds. The first-order valence-electron chi connectivity index (χ1n) is 7.86. The van der Waals surface area contributed by atoms with Crippen molar-refractivity contribution in [3.63, 3.8) is 0 Å². The Balaban J connectivity index is 2.21. The van der Waals surface area contributed by atoms with E-state index in [0.717, 1.165) is 18.7 Å². The minimum atomic E-state index is -0.331. The third-order valence-electron chi connectivity index (χ3n) is 4.14. The minimum Gasteiger partial charge on any atom is -0.313 e. The number of likely N-dealkylation sites (N-methyl/N-ethyl adjacent to an activating group) is 1. The van der Waals surface area contributed by atoms with Crippen molar-refractivity contribution in [2.75, 3.05) is 13.1 Å². The molecule has 114 valence electrons. The highest BCUT2D eigenvalue weighted by atomic mass is 16.6. The molecule has 0 heterocycles. The van der Waals surface area contributed by atoms with Gasteiger partial charge in [-0.3, -0.25) is 10.1 Å². The number of rotatable bonds is 6. The molecular weight excluding hydrogens is 264 g/mol. The molecule has 21 heavy (non-hydrogen) atoms. The zero-order valence-electron chi connectivity index (χ0n) is 12.7. The summed E-state index contributed by atoms with van der Waals surface area (Å²) in [5.74, 6) is 0.622. The molecule has 0 aromatic heterocycles. The highest BCUT2D eigenvalue weighted by molar-refractivity contribution is 5.57. The van der Waals surface area contributed by atoms with E-state index >= 15 is 0 Å². The highest BCUT2D eigenvalue weighted by Gasteiger charge is 2.17. The highest BCUT2D eigenvalue weighted by Crippen LogP contribution is 2.31. The van der Waals surface area contributed by atoms with Crippen LogP contribution in [0.2, 0.25) is 0 Å². The maximum atomic E-state index is 10.9. The summed E-state index contributed by atoms with van der Waals surface area (Å²) in [6.07, 6.45) is 8.55. The first-order chi connectivity index (χ1) is 10.2. The molecule has 1 aromatic rings. The van der Waals surface area contributed by atoms with Crippen molar-refractivity contribution >= 4 is 11.8 Å². The summed E-state index contributed by atoms with van der Waals surface area (Å²) >= 11 is 0. The predicted molar refractivity (Wildman–Crippen MR) is 86.2 cm³/mol. The zero-order chi connectivity index (χ0) is 15.1. The van der Waals surface area contributed by atoms with Gasteiger partial charge >= 0.3 is 0 Å². The van der Waals surface area contributed by atoms with E-state index in [0.29, 0.717) is 5.92 Å². The second-order valence-corrected chi connectivity index (χ2v) is 5.69. The van der Waals surface area contributed by atoms with E-state index < -0.39 is 0 Å². The lowest BCUT2D eigenvalue weighted by Gasteiger charge is -2.25. The Morgan fingerprint density at radius 3 is 2.81 bits per heavy atom. The topological polar surface area (TPSA) is 55.2 Å². The maximum absolute atomic E-state index is 10.9. The first kappa shape index (κ1) is 15.7. The van der Waals surface area contributed by atoms with E-state index in [-0.39, 0.29) is 10.6 Å². The van der Waals surface area contributed by atoms with Crippen molar-refractivity contribution in [2.24, 2.45) is 5.92 Å². The third kappa shape index (κ3) is 4.67. The van der Waals surface area contributed by atoms with Crippen LogP contribution in [0.1, 0.15) is 44.6 Å². The molecular formula is C17H24N2O2. The standard InChI is InChI=1S/C17H24N2O2/c1-2-18-13-16(15-8-4-3-5-9-15)11-14-7-6-10-17(12-14)19(20)21/h6-7,10-12,15,18H,2-5,8-9,13H2,1H3/b16-11-. The number of nitrogens with zero attached hydrogens (tertiary/aromatic N) is 1. The molecule has 0 radical (unpaired) electrons. The fraction of sp³-hybridized carbons (Fsp3) is 0.529. The average molecular weight is 288 g/mol. The molecule has 0 saturated heterocycles. The van der Waals surface area contributed by atoms with Crippen LogP contribution in [0.4, 0.5) is 5.69 Å². The lowest BCUT2D eigenvalue weighted by Crippen LogP contribution is -2.22. The van der Waals surface area contributed by atoms with Crippen LogP contribution in [0, 0.1) is 16.0 Å². The van der Waals surface area contributed by atoms with Gasteiger partial charge in [-0.05, 0) is 30.9 Å². The number of hydrogen-bond acceptors (Lipinski definition) is 3. The lowest BCUT2D eigenvalue weighted by molar-refractivity contribution is -0.384. The van der Waals surface area contributed by atoms with Crippen molar-refractivity contribution in [1.82, 2.24) is 5.32 Å².